The minimum absolute atomic E-state index is 0.0893. The van der Waals surface area contributed by atoms with Crippen LogP contribution in [0.3, 0.4) is 0 Å². The van der Waals surface area contributed by atoms with Gasteiger partial charge in [-0.3, -0.25) is 9.78 Å². The van der Waals surface area contributed by atoms with E-state index in [4.69, 9.17) is 16.2 Å². The number of anilines is 2. The number of aromatic nitrogens is 2. The molecule has 2 aliphatic heterocycles. The lowest BCUT2D eigenvalue weighted by molar-refractivity contribution is -0.177. The van der Waals surface area contributed by atoms with Crippen LogP contribution >= 0.6 is 0 Å². The van der Waals surface area contributed by atoms with E-state index in [1.165, 1.54) is 12.4 Å². The lowest BCUT2D eigenvalue weighted by Gasteiger charge is -2.39. The van der Waals surface area contributed by atoms with Gasteiger partial charge < -0.3 is 21.1 Å². The molecule has 4 heterocycles. The van der Waals surface area contributed by atoms with Gasteiger partial charge in [0.1, 0.15) is 5.69 Å². The third-order valence-corrected chi connectivity index (χ3v) is 7.34. The summed E-state index contributed by atoms with van der Waals surface area (Å²) in [6.07, 6.45) is 0.340. The summed E-state index contributed by atoms with van der Waals surface area (Å²) < 4.78 is 45.9. The van der Waals surface area contributed by atoms with Gasteiger partial charge in [-0.25, -0.2) is 4.98 Å². The predicted octanol–water partition coefficient (Wildman–Crippen LogP) is 4.25. The second kappa shape index (κ2) is 10.3. The topological polar surface area (TPSA) is 107 Å². The summed E-state index contributed by atoms with van der Waals surface area (Å²) in [5, 5.41) is 0.840. The quantitative estimate of drug-likeness (QED) is 0.491. The maximum atomic E-state index is 13.5. The molecule has 0 saturated carbocycles. The third kappa shape index (κ3) is 5.55. The molecular formula is C27H30F3N5O2. The molecule has 0 radical (unpaired) electrons. The number of rotatable bonds is 5. The molecule has 1 aromatic carbocycles. The van der Waals surface area contributed by atoms with Crippen molar-refractivity contribution in [2.75, 3.05) is 36.9 Å². The fraction of sp³-hybridized carbons (Fsp3) is 0.444. The van der Waals surface area contributed by atoms with Crippen LogP contribution in [-0.2, 0) is 11.2 Å². The first-order valence-electron chi connectivity index (χ1n) is 12.5. The number of hydrogen-bond acceptors (Lipinski definition) is 7. The van der Waals surface area contributed by atoms with E-state index in [1.54, 1.807) is 17.0 Å². The maximum absolute atomic E-state index is 13.5. The van der Waals surface area contributed by atoms with E-state index in [2.05, 4.69) is 16.0 Å². The monoisotopic (exact) mass is 513 g/mol. The molecule has 5 rings (SSSR count). The van der Waals surface area contributed by atoms with Crippen LogP contribution in [0.4, 0.5) is 24.5 Å². The number of alkyl halides is 3. The smallest absolute Gasteiger partial charge is 0.393 e. The van der Waals surface area contributed by atoms with Gasteiger partial charge in [-0.05, 0) is 48.9 Å². The van der Waals surface area contributed by atoms with Crippen LogP contribution in [0.1, 0.15) is 46.8 Å². The number of carbonyl (C=O) groups excluding carboxylic acids is 1. The minimum Gasteiger partial charge on any atom is -0.397 e. The van der Waals surface area contributed by atoms with Crippen molar-refractivity contribution in [1.29, 1.82) is 0 Å². The molecular weight excluding hydrogens is 483 g/mol. The number of Topliss-reactive ketones (excluding diaryl/α,β-unsaturated/α-hetero) is 1. The number of pyridine rings is 2. The molecule has 4 N–H and O–H groups in total. The normalized spacial score (nSPS) is 21.4. The zero-order valence-electron chi connectivity index (χ0n) is 20.4. The van der Waals surface area contributed by atoms with Gasteiger partial charge >= 0.3 is 6.18 Å². The van der Waals surface area contributed by atoms with Gasteiger partial charge in [-0.15, -0.1) is 0 Å². The zero-order chi connectivity index (χ0) is 26.2. The van der Waals surface area contributed by atoms with Crippen molar-refractivity contribution in [1.82, 2.24) is 9.97 Å². The lowest BCUT2D eigenvalue weighted by Crippen LogP contribution is -2.51. The van der Waals surface area contributed by atoms with Crippen molar-refractivity contribution >= 4 is 28.1 Å². The summed E-state index contributed by atoms with van der Waals surface area (Å²) >= 11 is 0. The van der Waals surface area contributed by atoms with Gasteiger partial charge in [-0.2, -0.15) is 13.2 Å². The Kier molecular flexibility index (Phi) is 7.04. The van der Waals surface area contributed by atoms with Crippen molar-refractivity contribution in [3.63, 3.8) is 0 Å². The minimum atomic E-state index is -4.34. The third-order valence-electron chi connectivity index (χ3n) is 7.34. The highest BCUT2D eigenvalue weighted by atomic mass is 19.4. The summed E-state index contributed by atoms with van der Waals surface area (Å²) in [6, 6.07) is 8.79. The maximum Gasteiger partial charge on any atom is 0.393 e. The van der Waals surface area contributed by atoms with Crippen LogP contribution in [0.5, 0.6) is 0 Å². The summed E-state index contributed by atoms with van der Waals surface area (Å²) in [5.74, 6) is -1.47. The zero-order valence-corrected chi connectivity index (χ0v) is 20.4. The number of fused-ring (bicyclic) bond motifs is 1. The molecule has 2 atom stereocenters. The number of benzene rings is 1. The first-order valence-corrected chi connectivity index (χ1v) is 12.5. The lowest BCUT2D eigenvalue weighted by atomic mass is 9.91. The average Bonchev–Trinajstić information content (AvgIpc) is 2.88. The number of hydrogen-bond donors (Lipinski definition) is 2. The molecule has 37 heavy (non-hydrogen) atoms. The summed E-state index contributed by atoms with van der Waals surface area (Å²) in [6.45, 7) is 1.50. The van der Waals surface area contributed by atoms with E-state index in [1.807, 2.05) is 12.1 Å². The van der Waals surface area contributed by atoms with Gasteiger partial charge in [0.2, 0.25) is 0 Å². The molecule has 2 fully saturated rings. The van der Waals surface area contributed by atoms with Crippen LogP contribution in [0.2, 0.25) is 0 Å². The standard InChI is InChI=1S/C27H30F3N5O2/c28-27(29,30)20-12-21(31)15-35(14-20)24-3-6-33-13-19(24)11-25(36)26-22(32)9-18-2-1-17(10-23(18)34-26)16-4-7-37-8-5-16/h1-3,6,9-10,13,16,20-21H,4-5,7-8,11-12,14-15,31-32H2/t20-,21+/m1/s1. The first-order chi connectivity index (χ1) is 17.7. The molecule has 0 unspecified atom stereocenters. The number of ether oxygens (including phenoxy) is 1. The highest BCUT2D eigenvalue weighted by Crippen LogP contribution is 2.36. The molecule has 196 valence electrons. The van der Waals surface area contributed by atoms with E-state index in [0.717, 1.165) is 37.0 Å². The highest BCUT2D eigenvalue weighted by molar-refractivity contribution is 6.03. The Bertz CT molecular complexity index is 1290. The molecule has 10 heteroatoms. The van der Waals surface area contributed by atoms with Crippen LogP contribution in [0.15, 0.2) is 42.7 Å². The second-order valence-electron chi connectivity index (χ2n) is 10.0. The molecule has 0 spiro atoms. The van der Waals surface area contributed by atoms with Crippen LogP contribution in [0.25, 0.3) is 10.9 Å². The molecule has 2 saturated heterocycles. The van der Waals surface area contributed by atoms with Gasteiger partial charge in [0, 0.05) is 67.8 Å². The summed E-state index contributed by atoms with van der Waals surface area (Å²) in [4.78, 5) is 23.7. The largest absolute Gasteiger partial charge is 0.397 e. The van der Waals surface area contributed by atoms with Crippen LogP contribution in [0, 0.1) is 5.92 Å². The van der Waals surface area contributed by atoms with Crippen LogP contribution < -0.4 is 16.4 Å². The molecule has 0 bridgehead atoms. The number of halogens is 3. The van der Waals surface area contributed by atoms with E-state index in [0.29, 0.717) is 22.7 Å². The van der Waals surface area contributed by atoms with E-state index in [-0.39, 0.29) is 43.1 Å². The van der Waals surface area contributed by atoms with E-state index < -0.39 is 18.1 Å². The Morgan fingerprint density at radius 2 is 1.92 bits per heavy atom. The Morgan fingerprint density at radius 3 is 2.68 bits per heavy atom. The van der Waals surface area contributed by atoms with Crippen molar-refractivity contribution in [3.8, 4) is 0 Å². The summed E-state index contributed by atoms with van der Waals surface area (Å²) in [7, 11) is 0. The van der Waals surface area contributed by atoms with Gasteiger partial charge in [0.15, 0.2) is 5.78 Å². The van der Waals surface area contributed by atoms with E-state index in [9.17, 15) is 18.0 Å². The van der Waals surface area contributed by atoms with Gasteiger partial charge in [0.05, 0.1) is 17.1 Å². The van der Waals surface area contributed by atoms with E-state index >= 15 is 0 Å². The Hall–Kier alpha value is -3.24. The van der Waals surface area contributed by atoms with Gasteiger partial charge in [0.25, 0.3) is 0 Å². The Morgan fingerprint density at radius 1 is 1.14 bits per heavy atom. The van der Waals surface area contributed by atoms with Gasteiger partial charge in [-0.1, -0.05) is 12.1 Å². The molecule has 0 aliphatic carbocycles. The fourth-order valence-electron chi connectivity index (χ4n) is 5.40. The van der Waals surface area contributed by atoms with Crippen molar-refractivity contribution in [2.45, 2.75) is 43.8 Å². The molecule has 7 nitrogen and oxygen atoms in total. The Labute approximate surface area is 213 Å². The molecule has 2 aliphatic rings. The first kappa shape index (κ1) is 25.4. The molecule has 0 amide bonds. The van der Waals surface area contributed by atoms with Crippen LogP contribution in [-0.4, -0.2) is 54.3 Å². The predicted molar refractivity (Wildman–Crippen MR) is 136 cm³/mol. The summed E-state index contributed by atoms with van der Waals surface area (Å²) in [5.41, 5.74) is 15.5. The number of piperidine rings is 1. The number of nitrogens with zero attached hydrogens (tertiary/aromatic N) is 3. The number of ketones is 1. The molecule has 2 aromatic heterocycles. The second-order valence-corrected chi connectivity index (χ2v) is 10.0. The average molecular weight is 514 g/mol. The fourth-order valence-corrected chi connectivity index (χ4v) is 5.40. The van der Waals surface area contributed by atoms with Crippen molar-refractivity contribution in [2.24, 2.45) is 11.7 Å². The number of nitrogens with two attached hydrogens (primary N) is 2. The highest BCUT2D eigenvalue weighted by Gasteiger charge is 2.44. The SMILES string of the molecule is Nc1cc2ccc(C3CCOCC3)cc2nc1C(=O)Cc1cnccc1N1C[C@@H](N)C[C@@H](C(F)(F)F)C1. The number of carbonyl (C=O) groups is 1. The number of nitrogen functional groups attached to an aromatic ring is 1. The molecule has 3 aromatic rings. The Balaban J connectivity index is 1.41. The van der Waals surface area contributed by atoms with Crippen molar-refractivity contribution < 1.29 is 22.7 Å². The van der Waals surface area contributed by atoms with Crippen molar-refractivity contribution in [3.05, 3.63) is 59.5 Å².